The van der Waals surface area contributed by atoms with Gasteiger partial charge in [-0.15, -0.1) is 0 Å². The number of epoxide rings is 1. The van der Waals surface area contributed by atoms with Gasteiger partial charge in [-0.25, -0.2) is 0 Å². The van der Waals surface area contributed by atoms with Crippen molar-refractivity contribution in [1.29, 1.82) is 0 Å². The average Bonchev–Trinajstić information content (AvgIpc) is 2.69. The van der Waals surface area contributed by atoms with E-state index in [0.717, 1.165) is 0 Å². The van der Waals surface area contributed by atoms with Gasteiger partial charge in [0.05, 0.1) is 12.7 Å². The molecular formula is C6H13O4Si. The third kappa shape index (κ3) is 2.88. The minimum Gasteiger partial charge on any atom is -0.375 e. The molecule has 2 unspecified atom stereocenters. The second-order valence-electron chi connectivity index (χ2n) is 2.35. The van der Waals surface area contributed by atoms with E-state index in [0.29, 0.717) is 12.7 Å². The Morgan fingerprint density at radius 1 is 1.36 bits per heavy atom. The molecule has 4 nitrogen and oxygen atoms in total. The molecule has 1 aliphatic rings. The summed E-state index contributed by atoms with van der Waals surface area (Å²) < 4.78 is 20.2. The number of hydrogen-bond acceptors (Lipinski definition) is 4. The first-order valence-corrected chi connectivity index (χ1v) is 4.73. The van der Waals surface area contributed by atoms with Gasteiger partial charge in [-0.1, -0.05) is 0 Å². The van der Waals surface area contributed by atoms with E-state index in [2.05, 4.69) is 0 Å². The van der Waals surface area contributed by atoms with Gasteiger partial charge in [-0.05, 0) is 6.92 Å². The van der Waals surface area contributed by atoms with Crippen LogP contribution in [0.1, 0.15) is 6.92 Å². The molecule has 1 aliphatic heterocycles. The summed E-state index contributed by atoms with van der Waals surface area (Å²) >= 11 is 0. The maximum absolute atomic E-state index is 5.27. The second kappa shape index (κ2) is 4.17. The molecule has 0 amide bonds. The molecular weight excluding hydrogens is 164 g/mol. The third-order valence-electron chi connectivity index (χ3n) is 1.54. The SMILES string of the molecule is CO[Si](OC)OCC1OC1C. The number of rotatable bonds is 5. The third-order valence-corrected chi connectivity index (χ3v) is 2.60. The van der Waals surface area contributed by atoms with Crippen LogP contribution in [0.15, 0.2) is 0 Å². The zero-order valence-corrected chi connectivity index (χ0v) is 7.99. The van der Waals surface area contributed by atoms with Crippen LogP contribution in [-0.4, -0.2) is 42.6 Å². The molecule has 65 valence electrons. The molecule has 0 saturated carbocycles. The van der Waals surface area contributed by atoms with Crippen LogP contribution in [0.2, 0.25) is 0 Å². The van der Waals surface area contributed by atoms with E-state index in [-0.39, 0.29) is 6.10 Å². The Bertz CT molecular complexity index is 117. The normalized spacial score (nSPS) is 29.5. The first-order valence-electron chi connectivity index (χ1n) is 3.51. The largest absolute Gasteiger partial charge is 0.577 e. The summed E-state index contributed by atoms with van der Waals surface area (Å²) in [5, 5.41) is 0. The van der Waals surface area contributed by atoms with E-state index in [9.17, 15) is 0 Å². The van der Waals surface area contributed by atoms with Gasteiger partial charge in [0.15, 0.2) is 0 Å². The molecule has 1 heterocycles. The Morgan fingerprint density at radius 3 is 2.27 bits per heavy atom. The van der Waals surface area contributed by atoms with Crippen molar-refractivity contribution in [3.63, 3.8) is 0 Å². The van der Waals surface area contributed by atoms with Crippen LogP contribution < -0.4 is 0 Å². The molecule has 1 rings (SSSR count). The highest BCUT2D eigenvalue weighted by molar-refractivity contribution is 6.36. The lowest BCUT2D eigenvalue weighted by Crippen LogP contribution is -2.26. The van der Waals surface area contributed by atoms with Crippen LogP contribution in [0.25, 0.3) is 0 Å². The van der Waals surface area contributed by atoms with E-state index >= 15 is 0 Å². The minimum absolute atomic E-state index is 0.250. The minimum atomic E-state index is -1.48. The zero-order valence-electron chi connectivity index (χ0n) is 6.99. The van der Waals surface area contributed by atoms with E-state index in [4.69, 9.17) is 18.0 Å². The molecule has 0 aromatic heterocycles. The van der Waals surface area contributed by atoms with E-state index < -0.39 is 9.53 Å². The molecule has 1 saturated heterocycles. The molecule has 11 heavy (non-hydrogen) atoms. The predicted octanol–water partition coefficient (Wildman–Crippen LogP) is 0.0680. The van der Waals surface area contributed by atoms with Crippen molar-refractivity contribution in [3.05, 3.63) is 0 Å². The molecule has 0 bridgehead atoms. The van der Waals surface area contributed by atoms with Crippen molar-refractivity contribution in [2.45, 2.75) is 19.1 Å². The summed E-state index contributed by atoms with van der Waals surface area (Å²) in [6, 6.07) is 0. The summed E-state index contributed by atoms with van der Waals surface area (Å²) in [5.74, 6) is 0. The van der Waals surface area contributed by atoms with Gasteiger partial charge in [-0.3, -0.25) is 0 Å². The highest BCUT2D eigenvalue weighted by Gasteiger charge is 2.35. The Balaban J connectivity index is 2.01. The quantitative estimate of drug-likeness (QED) is 0.440. The second-order valence-corrected chi connectivity index (χ2v) is 3.95. The van der Waals surface area contributed by atoms with Gasteiger partial charge >= 0.3 is 9.53 Å². The highest BCUT2D eigenvalue weighted by Crippen LogP contribution is 2.20. The fraction of sp³-hybridized carbons (Fsp3) is 1.00. The van der Waals surface area contributed by atoms with Crippen LogP contribution >= 0.6 is 0 Å². The van der Waals surface area contributed by atoms with Crippen LogP contribution in [0.4, 0.5) is 0 Å². The molecule has 0 aromatic rings. The fourth-order valence-corrected chi connectivity index (χ4v) is 1.46. The molecule has 0 spiro atoms. The van der Waals surface area contributed by atoms with Gasteiger partial charge in [0.1, 0.15) is 6.10 Å². The van der Waals surface area contributed by atoms with Crippen molar-refractivity contribution in [2.75, 3.05) is 20.8 Å². The Kier molecular flexibility index (Phi) is 3.47. The average molecular weight is 177 g/mol. The Morgan fingerprint density at radius 2 is 1.91 bits per heavy atom. The maximum atomic E-state index is 5.27. The smallest absolute Gasteiger partial charge is 0.375 e. The maximum Gasteiger partial charge on any atom is 0.577 e. The van der Waals surface area contributed by atoms with Crippen LogP contribution in [0.3, 0.4) is 0 Å². The zero-order chi connectivity index (χ0) is 8.27. The summed E-state index contributed by atoms with van der Waals surface area (Å²) in [5.41, 5.74) is 0. The first kappa shape index (κ1) is 9.15. The van der Waals surface area contributed by atoms with Crippen LogP contribution in [-0.2, 0) is 18.0 Å². The fourth-order valence-electron chi connectivity index (χ4n) is 0.756. The van der Waals surface area contributed by atoms with Gasteiger partial charge in [0.2, 0.25) is 0 Å². The van der Waals surface area contributed by atoms with E-state index in [1.807, 2.05) is 6.92 Å². The predicted molar refractivity (Wildman–Crippen MR) is 40.1 cm³/mol. The summed E-state index contributed by atoms with van der Waals surface area (Å²) in [6.45, 7) is 2.59. The van der Waals surface area contributed by atoms with Gasteiger partial charge < -0.3 is 18.0 Å². The van der Waals surface area contributed by atoms with E-state index in [1.54, 1.807) is 14.2 Å². The van der Waals surface area contributed by atoms with Crippen LogP contribution in [0, 0.1) is 0 Å². The molecule has 0 N–H and O–H groups in total. The van der Waals surface area contributed by atoms with Crippen molar-refractivity contribution in [1.82, 2.24) is 0 Å². The van der Waals surface area contributed by atoms with Crippen molar-refractivity contribution >= 4 is 9.53 Å². The molecule has 1 fully saturated rings. The van der Waals surface area contributed by atoms with Crippen molar-refractivity contribution < 1.29 is 18.0 Å². The van der Waals surface area contributed by atoms with E-state index in [1.165, 1.54) is 0 Å². The topological polar surface area (TPSA) is 40.2 Å². The Hall–Kier alpha value is 0.0569. The monoisotopic (exact) mass is 177 g/mol. The number of ether oxygens (including phenoxy) is 1. The van der Waals surface area contributed by atoms with Crippen molar-refractivity contribution in [3.8, 4) is 0 Å². The summed E-state index contributed by atoms with van der Waals surface area (Å²) in [7, 11) is 1.68. The summed E-state index contributed by atoms with van der Waals surface area (Å²) in [6.07, 6.45) is 0.590. The van der Waals surface area contributed by atoms with Crippen molar-refractivity contribution in [2.24, 2.45) is 0 Å². The molecule has 1 radical (unpaired) electrons. The molecule has 0 aliphatic carbocycles. The lowest BCUT2D eigenvalue weighted by molar-refractivity contribution is 0.125. The lowest BCUT2D eigenvalue weighted by atomic mass is 10.4. The van der Waals surface area contributed by atoms with Gasteiger partial charge in [0, 0.05) is 14.2 Å². The lowest BCUT2D eigenvalue weighted by Gasteiger charge is -2.07. The number of hydrogen-bond donors (Lipinski definition) is 0. The van der Waals surface area contributed by atoms with Gasteiger partial charge in [0.25, 0.3) is 0 Å². The van der Waals surface area contributed by atoms with Crippen LogP contribution in [0.5, 0.6) is 0 Å². The molecule has 5 heteroatoms. The Labute approximate surface area is 68.4 Å². The molecule has 0 aromatic carbocycles. The summed E-state index contributed by atoms with van der Waals surface area (Å²) in [4.78, 5) is 0. The molecule has 2 atom stereocenters. The highest BCUT2D eigenvalue weighted by atomic mass is 28.3. The van der Waals surface area contributed by atoms with Gasteiger partial charge in [-0.2, -0.15) is 0 Å². The first-order chi connectivity index (χ1) is 5.27. The standard InChI is InChI=1S/C6H13O4Si/c1-5-6(10-5)4-9-11(7-2)8-3/h5-6H,4H2,1-3H3.